The van der Waals surface area contributed by atoms with E-state index in [0.717, 1.165) is 0 Å². The fraction of sp³-hybridized carbons (Fsp3) is 0.333. The first-order valence-corrected chi connectivity index (χ1v) is 23.3. The number of hydrogen-bond donors (Lipinski definition) is 0. The van der Waals surface area contributed by atoms with Crippen LogP contribution in [-0.2, 0) is 120 Å². The quantitative estimate of drug-likeness (QED) is 0.140. The maximum Gasteiger partial charge on any atom is 0.110 e. The topological polar surface area (TPSA) is 379 Å². The van der Waals surface area contributed by atoms with Crippen molar-refractivity contribution in [1.29, 1.82) is 0 Å². The Morgan fingerprint density at radius 3 is 0.315 bits per heavy atom. The van der Waals surface area contributed by atoms with Gasteiger partial charge in [0.1, 0.15) is 47.4 Å². The number of rotatable bonds is 6. The van der Waals surface area contributed by atoms with Gasteiger partial charge in [0.15, 0.2) is 0 Å². The van der Waals surface area contributed by atoms with Crippen LogP contribution in [0.5, 0.6) is 0 Å². The average molecular weight is 1190 g/mol. The van der Waals surface area contributed by atoms with Crippen molar-refractivity contribution in [2.24, 2.45) is 0 Å². The summed E-state index contributed by atoms with van der Waals surface area (Å²) in [7, 11) is -33.8. The molecule has 0 aromatic heterocycles. The van der Waals surface area contributed by atoms with Crippen LogP contribution in [0.15, 0.2) is 75.9 Å². The predicted molar refractivity (Wildman–Crippen MR) is 142 cm³/mol. The van der Waals surface area contributed by atoms with E-state index in [1.54, 1.807) is 36.5 Å². The van der Waals surface area contributed by atoms with Gasteiger partial charge in [0.2, 0.25) is 0 Å². The fourth-order valence-corrected chi connectivity index (χ4v) is 0. The van der Waals surface area contributed by atoms with Crippen molar-refractivity contribution < 1.29 is 204 Å². The van der Waals surface area contributed by atoms with Gasteiger partial charge in [-0.2, -0.15) is 0 Å². The Hall–Kier alpha value is 1.88. The van der Waals surface area contributed by atoms with E-state index in [-0.39, 0.29) is 0 Å². The summed E-state index contributed by atoms with van der Waals surface area (Å²) < 4.78 is 111. The van der Waals surface area contributed by atoms with Crippen LogP contribution in [0.1, 0.15) is 0 Å². The first-order chi connectivity index (χ1) is 23.5. The van der Waals surface area contributed by atoms with Gasteiger partial charge in [0, 0.05) is 0 Å². The third-order valence-electron chi connectivity index (χ3n) is 0.548. The first-order valence-electron chi connectivity index (χ1n) is 10.5. The molecular formula is C18H30F6Ni6O18P6. The summed E-state index contributed by atoms with van der Waals surface area (Å²) >= 11 is 25.2. The Morgan fingerprint density at radius 1 is 0.296 bits per heavy atom. The summed E-state index contributed by atoms with van der Waals surface area (Å²) in [6, 6.07) is 0. The molecular weight excluding hydrogens is 1160 g/mol. The minimum absolute atomic E-state index is 0.708. The third-order valence-corrected chi connectivity index (χ3v) is 2.26. The first kappa shape index (κ1) is 87.4. The van der Waals surface area contributed by atoms with Gasteiger partial charge >= 0.3 is 201 Å². The van der Waals surface area contributed by atoms with E-state index in [2.05, 4.69) is 132 Å². The number of allylic oxidation sites excluding steroid dienone is 6. The van der Waals surface area contributed by atoms with E-state index in [9.17, 15) is 25.2 Å². The molecule has 0 bridgehead atoms. The van der Waals surface area contributed by atoms with E-state index >= 15 is 0 Å². The minimum atomic E-state index is -5.64. The largest absolute Gasteiger partial charge is 0.786 e. The second-order valence-corrected chi connectivity index (χ2v) is 12.7. The zero-order valence-corrected chi connectivity index (χ0v) is 37.4. The van der Waals surface area contributed by atoms with Gasteiger partial charge in [-0.05, 0) is 0 Å². The van der Waals surface area contributed by atoms with Crippen LogP contribution in [0.4, 0.5) is 25.2 Å². The zero-order valence-electron chi connectivity index (χ0n) is 26.1. The van der Waals surface area contributed by atoms with Crippen molar-refractivity contribution in [2.75, 3.05) is 0 Å². The summed E-state index contributed by atoms with van der Waals surface area (Å²) in [6.07, 6.45) is 10.3. The second-order valence-electron chi connectivity index (χ2n) is 5.09. The van der Waals surface area contributed by atoms with E-state index in [1.165, 1.54) is 0 Å². The van der Waals surface area contributed by atoms with Gasteiger partial charge in [-0.1, -0.05) is 0 Å². The normalized spacial score (nSPS) is 9.33. The molecule has 0 unspecified atom stereocenters. The van der Waals surface area contributed by atoms with Crippen LogP contribution < -0.4 is 58.7 Å². The molecule has 0 aliphatic carbocycles. The molecule has 54 heavy (non-hydrogen) atoms. The molecule has 0 aliphatic heterocycles. The Balaban J connectivity index is -0.0000000357. The van der Waals surface area contributed by atoms with Crippen LogP contribution in [-0.4, -0.2) is 0 Å². The summed E-state index contributed by atoms with van der Waals surface area (Å²) in [5, 5.41) is 4.25. The van der Waals surface area contributed by atoms with E-state index in [1.807, 2.05) is 0 Å². The number of hydrogen-bond acceptors (Lipinski definition) is 18. The van der Waals surface area contributed by atoms with Gasteiger partial charge in [0.05, 0.1) is 0 Å². The van der Waals surface area contributed by atoms with Crippen molar-refractivity contribution in [2.45, 2.75) is 32.3 Å². The molecule has 0 amide bonds. The smallest absolute Gasteiger partial charge is 0.110 e. The molecule has 0 radical (unpaired) electrons. The SMILES string of the molecule is C=C[CH2][Ni+2].C=C[CH2][Ni+2].C=C[CH2][Ni+2].C=C[CH2][Ni+2].C=C[CH2][Ni+2].C=C[CH2][Ni+2].O=P([O-])([O-])F.O=P([O-])([O-])F.O=P([O-])([O-])F.O=P([O-])([O-])F.O=P([O-])([O-])F.O=P([O-])([O-])F. The van der Waals surface area contributed by atoms with Crippen LogP contribution in [0.25, 0.3) is 0 Å². The van der Waals surface area contributed by atoms with Crippen molar-refractivity contribution in [1.82, 2.24) is 0 Å². The molecule has 36 heteroatoms. The van der Waals surface area contributed by atoms with Crippen LogP contribution in [0.3, 0.4) is 0 Å². The number of halogens is 6. The summed E-state index contributed by atoms with van der Waals surface area (Å²) in [5.41, 5.74) is 0. The molecule has 0 aromatic rings. The maximum atomic E-state index is 10.1. The molecule has 0 saturated heterocycles. The minimum Gasteiger partial charge on any atom is -0.786 e. The molecule has 0 aliphatic rings. The van der Waals surface area contributed by atoms with Gasteiger partial charge in [-0.15, -0.1) is 0 Å². The maximum absolute atomic E-state index is 10.1. The Labute approximate surface area is 357 Å². The van der Waals surface area contributed by atoms with Crippen molar-refractivity contribution in [3.63, 3.8) is 0 Å². The van der Waals surface area contributed by atoms with Crippen LogP contribution >= 0.6 is 47.4 Å². The van der Waals surface area contributed by atoms with E-state index < -0.39 is 47.4 Å². The fourth-order valence-electron chi connectivity index (χ4n) is 0. The van der Waals surface area contributed by atoms with Crippen LogP contribution in [0.2, 0.25) is 32.3 Å². The van der Waals surface area contributed by atoms with Gasteiger partial charge in [-0.3, -0.25) is 0 Å². The van der Waals surface area contributed by atoms with Crippen molar-refractivity contribution in [3.8, 4) is 0 Å². The van der Waals surface area contributed by atoms with Gasteiger partial charge < -0.3 is 86.1 Å². The molecule has 18 nitrogen and oxygen atoms in total. The Bertz CT molecular complexity index is 837. The molecule has 0 N–H and O–H groups in total. The standard InChI is InChI=1S/6C3H5.6FH2O3P.6Ni/c6*1-3-2;6*1-5(2,3)4;;;;;;/h6*3H,1-2H2;6*(H2,2,3,4);;;;;;/q;;;;;;;;;;;;6*+2/p-12. The molecule has 0 spiro atoms. The molecule has 0 aromatic carbocycles. The molecule has 0 rings (SSSR count). The second kappa shape index (κ2) is 64.0. The summed E-state index contributed by atoms with van der Waals surface area (Å²) in [4.78, 5) is 101. The Kier molecular flexibility index (Phi) is 104. The zero-order chi connectivity index (χ0) is 47.5. The molecule has 342 valence electrons. The monoisotopic (exact) mass is 1180 g/mol. The van der Waals surface area contributed by atoms with E-state index in [0.29, 0.717) is 32.3 Å². The van der Waals surface area contributed by atoms with Gasteiger partial charge in [0.25, 0.3) is 0 Å². The molecule has 0 saturated carbocycles. The van der Waals surface area contributed by atoms with E-state index in [4.69, 9.17) is 86.1 Å². The molecule has 0 atom stereocenters. The summed E-state index contributed by atoms with van der Waals surface area (Å²) in [5.74, 6) is 0. The van der Waals surface area contributed by atoms with Crippen molar-refractivity contribution in [3.05, 3.63) is 75.9 Å². The summed E-state index contributed by atoms with van der Waals surface area (Å²) in [6.45, 7) is 20.3. The average Bonchev–Trinajstić information content (AvgIpc) is 2.92. The predicted octanol–water partition coefficient (Wildman–Crippen LogP) is -0.467. The Morgan fingerprint density at radius 2 is 0.315 bits per heavy atom. The molecule has 0 heterocycles. The van der Waals surface area contributed by atoms with Crippen LogP contribution in [0, 0.1) is 0 Å². The third kappa shape index (κ3) is 2430. The molecule has 0 fully saturated rings. The van der Waals surface area contributed by atoms with Gasteiger partial charge in [-0.25, -0.2) is 25.2 Å². The van der Waals surface area contributed by atoms with Crippen molar-refractivity contribution >= 4 is 47.4 Å².